The van der Waals surface area contributed by atoms with Gasteiger partial charge in [0.1, 0.15) is 11.5 Å². The summed E-state index contributed by atoms with van der Waals surface area (Å²) in [5.41, 5.74) is 11.1. The second-order valence-corrected chi connectivity index (χ2v) is 14.2. The van der Waals surface area contributed by atoms with Crippen LogP contribution in [0.3, 0.4) is 0 Å². The van der Waals surface area contributed by atoms with Gasteiger partial charge in [-0.1, -0.05) is 167 Å². The highest BCUT2D eigenvalue weighted by atomic mass is 33.1. The molecule has 0 fully saturated rings. The van der Waals surface area contributed by atoms with E-state index in [9.17, 15) is 10.2 Å². The van der Waals surface area contributed by atoms with Crippen molar-refractivity contribution < 1.29 is 10.2 Å². The molecule has 2 nitrogen and oxygen atoms in total. The molecule has 0 bridgehead atoms. The topological polar surface area (TPSA) is 40.5 Å². The van der Waals surface area contributed by atoms with Crippen molar-refractivity contribution in [2.45, 2.75) is 37.2 Å². The average molecular weight is 639 g/mol. The average Bonchev–Trinajstić information content (AvgIpc) is 3.09. The predicted molar refractivity (Wildman–Crippen MR) is 196 cm³/mol. The summed E-state index contributed by atoms with van der Waals surface area (Å²) < 4.78 is 0. The van der Waals surface area contributed by atoms with E-state index < -0.39 is 0 Å². The molecule has 0 radical (unpaired) electrons. The van der Waals surface area contributed by atoms with Crippen molar-refractivity contribution in [1.82, 2.24) is 0 Å². The van der Waals surface area contributed by atoms with E-state index in [1.165, 1.54) is 33.4 Å². The Morgan fingerprint density at radius 1 is 0.326 bits per heavy atom. The molecule has 46 heavy (non-hydrogen) atoms. The van der Waals surface area contributed by atoms with Gasteiger partial charge in [0.05, 0.1) is 0 Å². The van der Waals surface area contributed by atoms with E-state index in [0.29, 0.717) is 37.2 Å². The molecule has 0 unspecified atom stereocenters. The molecule has 2 N–H and O–H groups in total. The van der Waals surface area contributed by atoms with Crippen molar-refractivity contribution >= 4 is 21.6 Å². The van der Waals surface area contributed by atoms with Gasteiger partial charge in [-0.05, 0) is 55.6 Å². The van der Waals surface area contributed by atoms with Gasteiger partial charge < -0.3 is 10.2 Å². The lowest BCUT2D eigenvalue weighted by atomic mass is 9.95. The molecule has 6 aromatic rings. The zero-order chi connectivity index (χ0) is 31.6. The van der Waals surface area contributed by atoms with Crippen LogP contribution in [-0.2, 0) is 37.2 Å². The molecule has 6 rings (SSSR count). The van der Waals surface area contributed by atoms with Crippen LogP contribution >= 0.6 is 21.6 Å². The first-order valence-corrected chi connectivity index (χ1v) is 18.2. The van der Waals surface area contributed by atoms with Gasteiger partial charge in [0.25, 0.3) is 0 Å². The van der Waals surface area contributed by atoms with Crippen LogP contribution in [0.25, 0.3) is 0 Å². The summed E-state index contributed by atoms with van der Waals surface area (Å²) in [5, 5.41) is 22.6. The zero-order valence-electron chi connectivity index (χ0n) is 25.8. The Kier molecular flexibility index (Phi) is 10.8. The number of benzene rings is 6. The Hall–Kier alpha value is -4.38. The number of hydrogen-bond acceptors (Lipinski definition) is 4. The Labute approximate surface area is 280 Å². The standard InChI is InChI=1S/C42H38O2S2/c43-41-37(21-31-13-5-1-6-14-31)25-35(26-38(41)22-32-15-7-2-8-16-32)29-45-46-30-36-27-39(23-33-17-9-3-10-18-33)42(44)40(28-36)24-34-19-11-4-12-20-34/h1-20,25-28,43-44H,21-24,29-30H2. The second kappa shape index (κ2) is 15.8. The first kappa shape index (κ1) is 31.6. The van der Waals surface area contributed by atoms with Gasteiger partial charge >= 0.3 is 0 Å². The predicted octanol–water partition coefficient (Wildman–Crippen LogP) is 10.5. The molecule has 0 aliphatic carbocycles. The van der Waals surface area contributed by atoms with Gasteiger partial charge in [-0.3, -0.25) is 0 Å². The fourth-order valence-corrected chi connectivity index (χ4v) is 7.94. The lowest BCUT2D eigenvalue weighted by Gasteiger charge is -2.15. The maximum absolute atomic E-state index is 11.3. The molecular weight excluding hydrogens is 601 g/mol. The Balaban J connectivity index is 1.19. The Bertz CT molecular complexity index is 1580. The van der Waals surface area contributed by atoms with Gasteiger partial charge in [0, 0.05) is 37.2 Å². The summed E-state index contributed by atoms with van der Waals surface area (Å²) in [5.74, 6) is 2.46. The van der Waals surface area contributed by atoms with Crippen molar-refractivity contribution in [3.63, 3.8) is 0 Å². The van der Waals surface area contributed by atoms with E-state index in [2.05, 4.69) is 72.8 Å². The summed E-state index contributed by atoms with van der Waals surface area (Å²) in [6.45, 7) is 0. The minimum Gasteiger partial charge on any atom is -0.507 e. The molecule has 0 aromatic heterocycles. The highest BCUT2D eigenvalue weighted by molar-refractivity contribution is 8.76. The number of hydrogen-bond donors (Lipinski definition) is 2. The second-order valence-electron chi connectivity index (χ2n) is 11.7. The molecular formula is C42H38O2S2. The van der Waals surface area contributed by atoms with Crippen LogP contribution < -0.4 is 0 Å². The van der Waals surface area contributed by atoms with Crippen LogP contribution in [0.2, 0.25) is 0 Å². The highest BCUT2D eigenvalue weighted by Gasteiger charge is 2.14. The third-order valence-corrected chi connectivity index (χ3v) is 10.4. The molecule has 0 aliphatic heterocycles. The van der Waals surface area contributed by atoms with E-state index in [1.807, 2.05) is 94.4 Å². The SMILES string of the molecule is Oc1c(Cc2ccccc2)cc(CSSCc2cc(Cc3ccccc3)c(O)c(Cc3ccccc3)c2)cc1Cc1ccccc1. The third kappa shape index (κ3) is 8.66. The summed E-state index contributed by atoms with van der Waals surface area (Å²) in [4.78, 5) is 0. The van der Waals surface area contributed by atoms with Crippen LogP contribution in [0, 0.1) is 0 Å². The Morgan fingerprint density at radius 3 is 0.804 bits per heavy atom. The fraction of sp³-hybridized carbons (Fsp3) is 0.143. The summed E-state index contributed by atoms with van der Waals surface area (Å²) in [6, 6.07) is 50.1. The van der Waals surface area contributed by atoms with Gasteiger partial charge in [-0.25, -0.2) is 0 Å². The lowest BCUT2D eigenvalue weighted by Crippen LogP contribution is -1.98. The largest absolute Gasteiger partial charge is 0.507 e. The number of rotatable bonds is 13. The molecule has 0 heterocycles. The number of phenols is 2. The molecule has 230 valence electrons. The quantitative estimate of drug-likeness (QED) is 0.0976. The van der Waals surface area contributed by atoms with E-state index in [4.69, 9.17) is 0 Å². The van der Waals surface area contributed by atoms with E-state index in [-0.39, 0.29) is 0 Å². The van der Waals surface area contributed by atoms with Crippen LogP contribution in [0.1, 0.15) is 55.6 Å². The lowest BCUT2D eigenvalue weighted by molar-refractivity contribution is 0.463. The smallest absolute Gasteiger partial charge is 0.122 e. The van der Waals surface area contributed by atoms with Crippen LogP contribution in [0.4, 0.5) is 0 Å². The van der Waals surface area contributed by atoms with Crippen LogP contribution in [-0.4, -0.2) is 10.2 Å². The molecule has 0 amide bonds. The van der Waals surface area contributed by atoms with Crippen molar-refractivity contribution in [3.05, 3.63) is 201 Å². The van der Waals surface area contributed by atoms with Crippen molar-refractivity contribution in [1.29, 1.82) is 0 Å². The first-order valence-electron chi connectivity index (χ1n) is 15.7. The van der Waals surface area contributed by atoms with Crippen molar-refractivity contribution in [2.24, 2.45) is 0 Å². The van der Waals surface area contributed by atoms with Crippen molar-refractivity contribution in [2.75, 3.05) is 0 Å². The Morgan fingerprint density at radius 2 is 0.565 bits per heavy atom. The summed E-state index contributed by atoms with van der Waals surface area (Å²) in [7, 11) is 3.67. The van der Waals surface area contributed by atoms with Gasteiger partial charge in [-0.2, -0.15) is 0 Å². The normalized spacial score (nSPS) is 11.0. The molecule has 0 atom stereocenters. The third-order valence-electron chi connectivity index (χ3n) is 8.14. The molecule has 4 heteroatoms. The fourth-order valence-electron chi connectivity index (χ4n) is 5.85. The number of phenolic OH excluding ortho intramolecular Hbond substituents is 2. The summed E-state index contributed by atoms with van der Waals surface area (Å²) in [6.07, 6.45) is 2.79. The molecule has 0 saturated heterocycles. The molecule has 0 aliphatic rings. The van der Waals surface area contributed by atoms with Crippen LogP contribution in [0.15, 0.2) is 146 Å². The zero-order valence-corrected chi connectivity index (χ0v) is 27.4. The molecule has 6 aromatic carbocycles. The maximum Gasteiger partial charge on any atom is 0.122 e. The van der Waals surface area contributed by atoms with Gasteiger partial charge in [0.2, 0.25) is 0 Å². The minimum atomic E-state index is 0.398. The van der Waals surface area contributed by atoms with Gasteiger partial charge in [-0.15, -0.1) is 0 Å². The maximum atomic E-state index is 11.3. The first-order chi connectivity index (χ1) is 22.6. The van der Waals surface area contributed by atoms with Gasteiger partial charge in [0.15, 0.2) is 0 Å². The monoisotopic (exact) mass is 638 g/mol. The van der Waals surface area contributed by atoms with E-state index in [1.54, 1.807) is 0 Å². The van der Waals surface area contributed by atoms with E-state index >= 15 is 0 Å². The molecule has 0 spiro atoms. The number of aromatic hydroxyl groups is 2. The van der Waals surface area contributed by atoms with Crippen LogP contribution in [0.5, 0.6) is 11.5 Å². The van der Waals surface area contributed by atoms with Crippen molar-refractivity contribution in [3.8, 4) is 11.5 Å². The minimum absolute atomic E-state index is 0.398. The molecule has 0 saturated carbocycles. The summed E-state index contributed by atoms with van der Waals surface area (Å²) >= 11 is 0. The van der Waals surface area contributed by atoms with E-state index in [0.717, 1.165) is 33.8 Å². The highest BCUT2D eigenvalue weighted by Crippen LogP contribution is 2.36.